The van der Waals surface area contributed by atoms with Crippen LogP contribution in [0.4, 0.5) is 5.82 Å². The predicted octanol–water partition coefficient (Wildman–Crippen LogP) is 1.54. The molecule has 0 bridgehead atoms. The average Bonchev–Trinajstić information content (AvgIpc) is 2.69. The molecule has 2 aromatic rings. The SMILES string of the molecule is CCNC(C)Cc1nc2nc(NC)ccc2[nH]1. The van der Waals surface area contributed by atoms with Gasteiger partial charge in [0.2, 0.25) is 0 Å². The van der Waals surface area contributed by atoms with E-state index in [0.29, 0.717) is 6.04 Å². The molecule has 2 aromatic heterocycles. The number of aromatic amines is 1. The highest BCUT2D eigenvalue weighted by atomic mass is 15.0. The van der Waals surface area contributed by atoms with E-state index < -0.39 is 0 Å². The van der Waals surface area contributed by atoms with Gasteiger partial charge in [-0.2, -0.15) is 0 Å². The lowest BCUT2D eigenvalue weighted by atomic mass is 10.2. The minimum absolute atomic E-state index is 0.421. The van der Waals surface area contributed by atoms with Crippen LogP contribution in [0, 0.1) is 0 Å². The molecule has 5 heteroatoms. The number of imidazole rings is 1. The first-order valence-corrected chi connectivity index (χ1v) is 5.99. The summed E-state index contributed by atoms with van der Waals surface area (Å²) in [5.74, 6) is 1.82. The van der Waals surface area contributed by atoms with E-state index in [9.17, 15) is 0 Å². The molecule has 2 rings (SSSR count). The summed E-state index contributed by atoms with van der Waals surface area (Å²) < 4.78 is 0. The van der Waals surface area contributed by atoms with Crippen molar-refractivity contribution in [1.29, 1.82) is 0 Å². The molecule has 2 heterocycles. The summed E-state index contributed by atoms with van der Waals surface area (Å²) in [4.78, 5) is 12.2. The van der Waals surface area contributed by atoms with E-state index in [2.05, 4.69) is 39.4 Å². The van der Waals surface area contributed by atoms with E-state index in [0.717, 1.165) is 35.8 Å². The first kappa shape index (κ1) is 11.9. The Bertz CT molecular complexity index is 491. The van der Waals surface area contributed by atoms with Gasteiger partial charge in [-0.1, -0.05) is 6.92 Å². The molecule has 0 radical (unpaired) electrons. The summed E-state index contributed by atoms with van der Waals surface area (Å²) in [5.41, 5.74) is 1.76. The second-order valence-electron chi connectivity index (χ2n) is 4.16. The number of nitrogens with zero attached hydrogens (tertiary/aromatic N) is 2. The fraction of sp³-hybridized carbons (Fsp3) is 0.500. The van der Waals surface area contributed by atoms with Crippen LogP contribution in [0.25, 0.3) is 11.2 Å². The third-order valence-electron chi connectivity index (χ3n) is 2.70. The molecular formula is C12H19N5. The molecule has 92 valence electrons. The Morgan fingerprint density at radius 1 is 1.35 bits per heavy atom. The topological polar surface area (TPSA) is 65.6 Å². The molecule has 1 unspecified atom stereocenters. The van der Waals surface area contributed by atoms with Crippen LogP contribution in [-0.2, 0) is 6.42 Å². The van der Waals surface area contributed by atoms with Gasteiger partial charge in [0.05, 0.1) is 5.52 Å². The van der Waals surface area contributed by atoms with Crippen molar-refractivity contribution in [3.05, 3.63) is 18.0 Å². The van der Waals surface area contributed by atoms with E-state index in [1.54, 1.807) is 0 Å². The Morgan fingerprint density at radius 3 is 2.88 bits per heavy atom. The fourth-order valence-corrected chi connectivity index (χ4v) is 1.89. The molecule has 5 nitrogen and oxygen atoms in total. The van der Waals surface area contributed by atoms with Gasteiger partial charge in [-0.15, -0.1) is 0 Å². The minimum atomic E-state index is 0.421. The summed E-state index contributed by atoms with van der Waals surface area (Å²) in [6.45, 7) is 5.24. The summed E-state index contributed by atoms with van der Waals surface area (Å²) in [7, 11) is 1.86. The number of hydrogen-bond donors (Lipinski definition) is 3. The summed E-state index contributed by atoms with van der Waals surface area (Å²) >= 11 is 0. The number of hydrogen-bond acceptors (Lipinski definition) is 4. The molecule has 3 N–H and O–H groups in total. The lowest BCUT2D eigenvalue weighted by Crippen LogP contribution is -2.27. The second kappa shape index (κ2) is 5.14. The van der Waals surface area contributed by atoms with Gasteiger partial charge in [-0.25, -0.2) is 9.97 Å². The van der Waals surface area contributed by atoms with Gasteiger partial charge in [0.1, 0.15) is 11.6 Å². The number of aromatic nitrogens is 3. The predicted molar refractivity (Wildman–Crippen MR) is 70.3 cm³/mol. The standard InChI is InChI=1S/C12H19N5/c1-4-14-8(2)7-11-15-9-5-6-10(13-3)16-12(9)17-11/h5-6,8,14H,4,7H2,1-3H3,(H2,13,15,16,17). The lowest BCUT2D eigenvalue weighted by molar-refractivity contribution is 0.555. The summed E-state index contributed by atoms with van der Waals surface area (Å²) in [5, 5.41) is 6.38. The maximum Gasteiger partial charge on any atom is 0.179 e. The van der Waals surface area contributed by atoms with Crippen molar-refractivity contribution in [1.82, 2.24) is 20.3 Å². The number of anilines is 1. The number of rotatable bonds is 5. The maximum atomic E-state index is 4.50. The molecule has 0 aliphatic carbocycles. The lowest BCUT2D eigenvalue weighted by Gasteiger charge is -2.09. The first-order chi connectivity index (χ1) is 8.22. The van der Waals surface area contributed by atoms with Crippen LogP contribution in [-0.4, -0.2) is 34.6 Å². The van der Waals surface area contributed by atoms with E-state index in [-0.39, 0.29) is 0 Å². The van der Waals surface area contributed by atoms with E-state index in [1.165, 1.54) is 0 Å². The third kappa shape index (κ3) is 2.74. The number of likely N-dealkylation sites (N-methyl/N-ethyl adjacent to an activating group) is 1. The van der Waals surface area contributed by atoms with Crippen molar-refractivity contribution in [2.45, 2.75) is 26.3 Å². The summed E-state index contributed by atoms with van der Waals surface area (Å²) in [6, 6.07) is 4.37. The van der Waals surface area contributed by atoms with Crippen molar-refractivity contribution >= 4 is 17.0 Å². The molecule has 1 atom stereocenters. The Hall–Kier alpha value is -1.62. The van der Waals surface area contributed by atoms with Gasteiger partial charge >= 0.3 is 0 Å². The zero-order valence-corrected chi connectivity index (χ0v) is 10.5. The number of fused-ring (bicyclic) bond motifs is 1. The van der Waals surface area contributed by atoms with Gasteiger partial charge in [-0.05, 0) is 25.6 Å². The van der Waals surface area contributed by atoms with Gasteiger partial charge in [0.15, 0.2) is 5.65 Å². The highest BCUT2D eigenvalue weighted by Crippen LogP contribution is 2.13. The Kier molecular flexibility index (Phi) is 3.58. The zero-order chi connectivity index (χ0) is 12.3. The van der Waals surface area contributed by atoms with Crippen LogP contribution < -0.4 is 10.6 Å². The van der Waals surface area contributed by atoms with Crippen LogP contribution in [0.3, 0.4) is 0 Å². The fourth-order valence-electron chi connectivity index (χ4n) is 1.89. The third-order valence-corrected chi connectivity index (χ3v) is 2.70. The van der Waals surface area contributed by atoms with Gasteiger partial charge < -0.3 is 15.6 Å². The number of nitrogens with one attached hydrogen (secondary N) is 3. The molecule has 0 amide bonds. The van der Waals surface area contributed by atoms with Crippen molar-refractivity contribution < 1.29 is 0 Å². The first-order valence-electron chi connectivity index (χ1n) is 5.99. The average molecular weight is 233 g/mol. The molecule has 0 aliphatic heterocycles. The molecule has 0 saturated carbocycles. The summed E-state index contributed by atoms with van der Waals surface area (Å²) in [6.07, 6.45) is 0.888. The molecule has 0 spiro atoms. The Labute approximate surface area is 101 Å². The second-order valence-corrected chi connectivity index (χ2v) is 4.16. The molecule has 0 fully saturated rings. The van der Waals surface area contributed by atoms with Crippen molar-refractivity contribution in [2.24, 2.45) is 0 Å². The van der Waals surface area contributed by atoms with Crippen LogP contribution in [0.1, 0.15) is 19.7 Å². The monoisotopic (exact) mass is 233 g/mol. The van der Waals surface area contributed by atoms with E-state index >= 15 is 0 Å². The quantitative estimate of drug-likeness (QED) is 0.733. The van der Waals surface area contributed by atoms with Gasteiger partial charge in [-0.3, -0.25) is 0 Å². The highest BCUT2D eigenvalue weighted by Gasteiger charge is 2.08. The van der Waals surface area contributed by atoms with Gasteiger partial charge in [0, 0.05) is 19.5 Å². The Balaban J connectivity index is 2.19. The molecule has 0 aliphatic rings. The van der Waals surface area contributed by atoms with Crippen LogP contribution in [0.15, 0.2) is 12.1 Å². The van der Waals surface area contributed by atoms with Crippen LogP contribution in [0.5, 0.6) is 0 Å². The van der Waals surface area contributed by atoms with Crippen molar-refractivity contribution in [3.8, 4) is 0 Å². The number of H-pyrrole nitrogens is 1. The maximum absolute atomic E-state index is 4.50. The minimum Gasteiger partial charge on any atom is -0.373 e. The smallest absolute Gasteiger partial charge is 0.179 e. The van der Waals surface area contributed by atoms with E-state index in [4.69, 9.17) is 0 Å². The van der Waals surface area contributed by atoms with Crippen molar-refractivity contribution in [3.63, 3.8) is 0 Å². The highest BCUT2D eigenvalue weighted by molar-refractivity contribution is 5.72. The molecule has 17 heavy (non-hydrogen) atoms. The normalized spacial score (nSPS) is 12.9. The largest absolute Gasteiger partial charge is 0.373 e. The Morgan fingerprint density at radius 2 is 2.18 bits per heavy atom. The van der Waals surface area contributed by atoms with Gasteiger partial charge in [0.25, 0.3) is 0 Å². The van der Waals surface area contributed by atoms with Crippen molar-refractivity contribution in [2.75, 3.05) is 18.9 Å². The zero-order valence-electron chi connectivity index (χ0n) is 10.5. The van der Waals surface area contributed by atoms with Crippen LogP contribution in [0.2, 0.25) is 0 Å². The molecular weight excluding hydrogens is 214 g/mol. The number of pyridine rings is 1. The molecule has 0 saturated heterocycles. The van der Waals surface area contributed by atoms with E-state index in [1.807, 2.05) is 19.2 Å². The van der Waals surface area contributed by atoms with Crippen LogP contribution >= 0.6 is 0 Å². The molecule has 0 aromatic carbocycles.